The fraction of sp³-hybridized carbons (Fsp3) is 0.211. The van der Waals surface area contributed by atoms with E-state index in [1.165, 1.54) is 5.56 Å². The van der Waals surface area contributed by atoms with Gasteiger partial charge in [0.1, 0.15) is 0 Å². The highest BCUT2D eigenvalue weighted by Crippen LogP contribution is 2.26. The lowest BCUT2D eigenvalue weighted by Gasteiger charge is -2.18. The van der Waals surface area contributed by atoms with Crippen molar-refractivity contribution in [2.45, 2.75) is 13.0 Å². The Hall–Kier alpha value is -3.15. The van der Waals surface area contributed by atoms with Gasteiger partial charge >= 0.3 is 0 Å². The largest absolute Gasteiger partial charge is 0.362 e. The number of carbonyl (C=O) groups excluding carboxylic acids is 1. The zero-order valence-electron chi connectivity index (χ0n) is 13.8. The minimum atomic E-state index is -0.0566. The Morgan fingerprint density at radius 3 is 2.84 bits per heavy atom. The van der Waals surface area contributed by atoms with E-state index >= 15 is 0 Å². The van der Waals surface area contributed by atoms with Gasteiger partial charge in [0.2, 0.25) is 11.9 Å². The first-order valence-electron chi connectivity index (χ1n) is 8.32. The van der Waals surface area contributed by atoms with Crippen LogP contribution in [0.1, 0.15) is 11.1 Å². The second-order valence-corrected chi connectivity index (χ2v) is 6.08. The number of fused-ring (bicyclic) bond motifs is 1. The Bertz CT molecular complexity index is 874. The van der Waals surface area contributed by atoms with E-state index in [1.54, 1.807) is 18.6 Å². The molecule has 25 heavy (non-hydrogen) atoms. The van der Waals surface area contributed by atoms with Gasteiger partial charge in [-0.05, 0) is 35.7 Å². The fourth-order valence-corrected chi connectivity index (χ4v) is 3.15. The van der Waals surface area contributed by atoms with Crippen molar-refractivity contribution in [1.29, 1.82) is 0 Å². The van der Waals surface area contributed by atoms with Crippen molar-refractivity contribution in [3.05, 3.63) is 72.3 Å². The highest BCUT2D eigenvalue weighted by molar-refractivity contribution is 5.93. The van der Waals surface area contributed by atoms with Crippen molar-refractivity contribution in [3.63, 3.8) is 0 Å². The highest BCUT2D eigenvalue weighted by atomic mass is 16.2. The number of imidazole rings is 1. The van der Waals surface area contributed by atoms with Gasteiger partial charge in [0.05, 0.1) is 13.1 Å². The van der Waals surface area contributed by atoms with Crippen LogP contribution in [0.3, 0.4) is 0 Å². The summed E-state index contributed by atoms with van der Waals surface area (Å²) in [6, 6.07) is 12.1. The van der Waals surface area contributed by atoms with Gasteiger partial charge in [0.25, 0.3) is 0 Å². The summed E-state index contributed by atoms with van der Waals surface area (Å²) in [6.07, 6.45) is 8.06. The molecule has 0 spiro atoms. The zero-order chi connectivity index (χ0) is 17.1. The summed E-state index contributed by atoms with van der Waals surface area (Å²) < 4.78 is 1.92. The molecular formula is C19H19N5O. The second-order valence-electron chi connectivity index (χ2n) is 6.08. The predicted octanol–water partition coefficient (Wildman–Crippen LogP) is 2.33. The van der Waals surface area contributed by atoms with Crippen molar-refractivity contribution < 1.29 is 4.79 Å². The lowest BCUT2D eigenvalue weighted by Crippen LogP contribution is -2.32. The molecule has 1 aliphatic heterocycles. The molecule has 0 bridgehead atoms. The van der Waals surface area contributed by atoms with Gasteiger partial charge in [-0.1, -0.05) is 18.2 Å². The summed E-state index contributed by atoms with van der Waals surface area (Å²) in [5.74, 6) is 0.508. The Kier molecular flexibility index (Phi) is 4.16. The lowest BCUT2D eigenvalue weighted by atomic mass is 10.2. The van der Waals surface area contributed by atoms with E-state index in [1.807, 2.05) is 35.0 Å². The SMILES string of the molecule is O=C(CN1CCc2ccccc21)Nc1nccn1Cc1ccncc1. The molecule has 0 unspecified atom stereocenters. The third-order valence-corrected chi connectivity index (χ3v) is 4.39. The van der Waals surface area contributed by atoms with Crippen molar-refractivity contribution in [3.8, 4) is 0 Å². The summed E-state index contributed by atoms with van der Waals surface area (Å²) in [7, 11) is 0. The van der Waals surface area contributed by atoms with E-state index in [4.69, 9.17) is 0 Å². The molecule has 3 aromatic rings. The van der Waals surface area contributed by atoms with Crippen LogP contribution >= 0.6 is 0 Å². The van der Waals surface area contributed by atoms with Crippen LogP contribution in [0, 0.1) is 0 Å². The molecule has 1 aromatic carbocycles. The second kappa shape index (κ2) is 6.76. The standard InChI is InChI=1S/C19H19N5O/c25-18(14-23-11-7-16-3-1-2-4-17(16)23)22-19-21-10-12-24(19)13-15-5-8-20-9-6-15/h1-6,8-10,12H,7,11,13-14H2,(H,21,22,25). The first-order valence-corrected chi connectivity index (χ1v) is 8.32. The lowest BCUT2D eigenvalue weighted by molar-refractivity contribution is -0.115. The molecule has 3 heterocycles. The number of benzene rings is 1. The summed E-state index contributed by atoms with van der Waals surface area (Å²) in [5.41, 5.74) is 3.56. The number of hydrogen-bond acceptors (Lipinski definition) is 4. The molecule has 0 fully saturated rings. The van der Waals surface area contributed by atoms with E-state index in [0.29, 0.717) is 19.0 Å². The maximum Gasteiger partial charge on any atom is 0.246 e. The number of amides is 1. The van der Waals surface area contributed by atoms with E-state index in [9.17, 15) is 4.79 Å². The summed E-state index contributed by atoms with van der Waals surface area (Å²) in [5, 5.41) is 2.92. The first kappa shape index (κ1) is 15.4. The summed E-state index contributed by atoms with van der Waals surface area (Å²) in [6.45, 7) is 1.85. The molecule has 1 aliphatic rings. The Morgan fingerprint density at radius 1 is 1.12 bits per heavy atom. The minimum Gasteiger partial charge on any atom is -0.362 e. The van der Waals surface area contributed by atoms with Crippen LogP contribution in [-0.2, 0) is 17.8 Å². The van der Waals surface area contributed by atoms with E-state index in [-0.39, 0.29) is 5.91 Å². The molecule has 1 N–H and O–H groups in total. The molecule has 0 radical (unpaired) electrons. The molecule has 126 valence electrons. The topological polar surface area (TPSA) is 63.1 Å². The molecule has 6 nitrogen and oxygen atoms in total. The third-order valence-electron chi connectivity index (χ3n) is 4.39. The average molecular weight is 333 g/mol. The van der Waals surface area contributed by atoms with Gasteiger partial charge in [0.15, 0.2) is 0 Å². The number of anilines is 2. The van der Waals surface area contributed by atoms with Gasteiger partial charge in [-0.3, -0.25) is 15.1 Å². The van der Waals surface area contributed by atoms with Gasteiger partial charge in [-0.15, -0.1) is 0 Å². The molecule has 6 heteroatoms. The molecular weight excluding hydrogens is 314 g/mol. The Balaban J connectivity index is 1.42. The first-order chi connectivity index (χ1) is 12.3. The number of nitrogens with one attached hydrogen (secondary N) is 1. The van der Waals surface area contributed by atoms with E-state index in [0.717, 1.165) is 24.2 Å². The van der Waals surface area contributed by atoms with E-state index < -0.39 is 0 Å². The molecule has 2 aromatic heterocycles. The highest BCUT2D eigenvalue weighted by Gasteiger charge is 2.21. The van der Waals surface area contributed by atoms with Crippen molar-refractivity contribution >= 4 is 17.5 Å². The predicted molar refractivity (Wildman–Crippen MR) is 96.6 cm³/mol. The number of pyridine rings is 1. The molecule has 0 atom stereocenters. The number of nitrogens with zero attached hydrogens (tertiary/aromatic N) is 4. The van der Waals surface area contributed by atoms with Gasteiger partial charge < -0.3 is 9.47 Å². The van der Waals surface area contributed by atoms with Crippen LogP contribution in [-0.4, -0.2) is 33.5 Å². The Morgan fingerprint density at radius 2 is 1.96 bits per heavy atom. The zero-order valence-corrected chi connectivity index (χ0v) is 13.8. The number of hydrogen-bond donors (Lipinski definition) is 1. The maximum absolute atomic E-state index is 12.5. The van der Waals surface area contributed by atoms with Crippen LogP contribution in [0.15, 0.2) is 61.2 Å². The Labute approximate surface area is 146 Å². The number of carbonyl (C=O) groups is 1. The van der Waals surface area contributed by atoms with Crippen molar-refractivity contribution in [1.82, 2.24) is 14.5 Å². The van der Waals surface area contributed by atoms with Crippen molar-refractivity contribution in [2.24, 2.45) is 0 Å². The van der Waals surface area contributed by atoms with Crippen LogP contribution in [0.5, 0.6) is 0 Å². The number of rotatable bonds is 5. The molecule has 0 saturated heterocycles. The number of para-hydroxylation sites is 1. The summed E-state index contributed by atoms with van der Waals surface area (Å²) in [4.78, 5) is 22.9. The monoisotopic (exact) mass is 333 g/mol. The number of aromatic nitrogens is 3. The normalized spacial score (nSPS) is 12.9. The molecule has 0 saturated carbocycles. The quantitative estimate of drug-likeness (QED) is 0.778. The van der Waals surface area contributed by atoms with Crippen LogP contribution in [0.2, 0.25) is 0 Å². The molecule has 1 amide bonds. The molecule has 4 rings (SSSR count). The van der Waals surface area contributed by atoms with Crippen LogP contribution in [0.25, 0.3) is 0 Å². The summed E-state index contributed by atoms with van der Waals surface area (Å²) >= 11 is 0. The smallest absolute Gasteiger partial charge is 0.246 e. The maximum atomic E-state index is 12.5. The van der Waals surface area contributed by atoms with Crippen molar-refractivity contribution in [2.75, 3.05) is 23.3 Å². The van der Waals surface area contributed by atoms with Crippen LogP contribution < -0.4 is 10.2 Å². The fourth-order valence-electron chi connectivity index (χ4n) is 3.15. The van der Waals surface area contributed by atoms with Gasteiger partial charge in [-0.2, -0.15) is 0 Å². The molecule has 0 aliphatic carbocycles. The van der Waals surface area contributed by atoms with E-state index in [2.05, 4.69) is 32.3 Å². The minimum absolute atomic E-state index is 0.0566. The van der Waals surface area contributed by atoms with Gasteiger partial charge in [0, 0.05) is 37.0 Å². The van der Waals surface area contributed by atoms with Gasteiger partial charge in [-0.25, -0.2) is 4.98 Å². The van der Waals surface area contributed by atoms with Crippen LogP contribution in [0.4, 0.5) is 11.6 Å². The average Bonchev–Trinajstić information content (AvgIpc) is 3.23. The third kappa shape index (κ3) is 3.38.